The lowest BCUT2D eigenvalue weighted by atomic mass is 9.76. The molecule has 2 heterocycles. The van der Waals surface area contributed by atoms with E-state index in [1.54, 1.807) is 16.2 Å². The van der Waals surface area contributed by atoms with Gasteiger partial charge in [0.1, 0.15) is 0 Å². The predicted octanol–water partition coefficient (Wildman–Crippen LogP) is 3.17. The lowest BCUT2D eigenvalue weighted by Gasteiger charge is -2.40. The Morgan fingerprint density at radius 3 is 2.90 bits per heavy atom. The molecule has 1 fully saturated rings. The number of thiophene rings is 1. The maximum atomic E-state index is 12.3. The molecule has 1 aliphatic rings. The van der Waals surface area contributed by atoms with Crippen molar-refractivity contribution in [2.75, 3.05) is 13.1 Å². The summed E-state index contributed by atoms with van der Waals surface area (Å²) in [6, 6.07) is 4.02. The summed E-state index contributed by atoms with van der Waals surface area (Å²) < 4.78 is 0. The third-order valence-electron chi connectivity index (χ3n) is 4.28. The zero-order valence-corrected chi connectivity index (χ0v) is 13.3. The number of amides is 1. The zero-order valence-electron chi connectivity index (χ0n) is 12.5. The fourth-order valence-corrected chi connectivity index (χ4v) is 3.86. The number of carboxylic acids is 1. The summed E-state index contributed by atoms with van der Waals surface area (Å²) >= 11 is 1.66. The Morgan fingerprint density at radius 1 is 1.48 bits per heavy atom. The molecule has 4 nitrogen and oxygen atoms in total. The summed E-state index contributed by atoms with van der Waals surface area (Å²) in [6.07, 6.45) is 4.19. The molecule has 1 amide bonds. The van der Waals surface area contributed by atoms with Crippen LogP contribution in [-0.4, -0.2) is 35.0 Å². The Hall–Kier alpha value is -1.36. The number of nitrogens with zero attached hydrogens (tertiary/aromatic N) is 1. The molecule has 0 spiro atoms. The summed E-state index contributed by atoms with van der Waals surface area (Å²) in [4.78, 5) is 27.0. The molecule has 0 aromatic carbocycles. The molecule has 116 valence electrons. The van der Waals surface area contributed by atoms with Crippen molar-refractivity contribution in [2.45, 2.75) is 45.4 Å². The van der Waals surface area contributed by atoms with Crippen LogP contribution in [0.4, 0.5) is 0 Å². The van der Waals surface area contributed by atoms with Crippen LogP contribution in [0.1, 0.15) is 43.9 Å². The highest BCUT2D eigenvalue weighted by Crippen LogP contribution is 2.35. The first-order chi connectivity index (χ1) is 10.1. The van der Waals surface area contributed by atoms with Crippen LogP contribution in [0.3, 0.4) is 0 Å². The van der Waals surface area contributed by atoms with Crippen molar-refractivity contribution in [1.82, 2.24) is 4.90 Å². The molecule has 0 aliphatic carbocycles. The van der Waals surface area contributed by atoms with E-state index < -0.39 is 11.4 Å². The number of carbonyl (C=O) groups is 2. The largest absolute Gasteiger partial charge is 0.481 e. The number of carbonyl (C=O) groups excluding carboxylic acids is 1. The maximum Gasteiger partial charge on any atom is 0.311 e. The van der Waals surface area contributed by atoms with Crippen LogP contribution >= 0.6 is 11.3 Å². The lowest BCUT2D eigenvalue weighted by molar-refractivity contribution is -0.155. The second kappa shape index (κ2) is 7.07. The van der Waals surface area contributed by atoms with Crippen LogP contribution in [0, 0.1) is 5.41 Å². The van der Waals surface area contributed by atoms with Gasteiger partial charge in [0.15, 0.2) is 0 Å². The van der Waals surface area contributed by atoms with E-state index in [9.17, 15) is 14.7 Å². The highest BCUT2D eigenvalue weighted by atomic mass is 32.1. The van der Waals surface area contributed by atoms with Gasteiger partial charge in [-0.15, -0.1) is 11.3 Å². The van der Waals surface area contributed by atoms with E-state index in [1.807, 2.05) is 24.4 Å². The van der Waals surface area contributed by atoms with Gasteiger partial charge in [0, 0.05) is 24.4 Å². The first-order valence-electron chi connectivity index (χ1n) is 7.61. The molecule has 1 aromatic heterocycles. The van der Waals surface area contributed by atoms with Gasteiger partial charge in [-0.05, 0) is 37.1 Å². The number of hydrogen-bond donors (Lipinski definition) is 1. The normalized spacial score (nSPS) is 22.2. The summed E-state index contributed by atoms with van der Waals surface area (Å²) in [7, 11) is 0. The van der Waals surface area contributed by atoms with Gasteiger partial charge in [0.05, 0.1) is 5.41 Å². The first kappa shape index (κ1) is 16.0. The van der Waals surface area contributed by atoms with Crippen LogP contribution in [0.5, 0.6) is 0 Å². The molecule has 0 radical (unpaired) electrons. The van der Waals surface area contributed by atoms with Crippen molar-refractivity contribution in [2.24, 2.45) is 5.41 Å². The second-order valence-electron chi connectivity index (χ2n) is 5.83. The van der Waals surface area contributed by atoms with E-state index in [0.29, 0.717) is 32.4 Å². The lowest BCUT2D eigenvalue weighted by Crippen LogP contribution is -2.50. The second-order valence-corrected chi connectivity index (χ2v) is 6.87. The Labute approximate surface area is 129 Å². The van der Waals surface area contributed by atoms with Crippen LogP contribution in [0.2, 0.25) is 0 Å². The molecule has 1 aromatic rings. The molecule has 21 heavy (non-hydrogen) atoms. The Kier molecular flexibility index (Phi) is 5.39. The summed E-state index contributed by atoms with van der Waals surface area (Å²) in [5.41, 5.74) is -0.731. The number of aliphatic carboxylic acids is 1. The Morgan fingerprint density at radius 2 is 2.29 bits per heavy atom. The smallest absolute Gasteiger partial charge is 0.311 e. The van der Waals surface area contributed by atoms with Crippen molar-refractivity contribution in [3.05, 3.63) is 22.4 Å². The van der Waals surface area contributed by atoms with Gasteiger partial charge in [-0.25, -0.2) is 0 Å². The molecule has 5 heteroatoms. The van der Waals surface area contributed by atoms with Crippen molar-refractivity contribution >= 4 is 23.2 Å². The Bertz CT molecular complexity index is 482. The third-order valence-corrected chi connectivity index (χ3v) is 5.21. The Balaban J connectivity index is 1.96. The van der Waals surface area contributed by atoms with Crippen LogP contribution in [0.15, 0.2) is 17.5 Å². The number of aryl methyl sites for hydroxylation is 1. The van der Waals surface area contributed by atoms with E-state index in [1.165, 1.54) is 4.88 Å². The van der Waals surface area contributed by atoms with Crippen molar-refractivity contribution in [3.8, 4) is 0 Å². The number of hydrogen-bond acceptors (Lipinski definition) is 3. The van der Waals surface area contributed by atoms with E-state index in [-0.39, 0.29) is 5.91 Å². The number of rotatable bonds is 6. The predicted molar refractivity (Wildman–Crippen MR) is 83.4 cm³/mol. The topological polar surface area (TPSA) is 57.6 Å². The molecule has 0 saturated carbocycles. The van der Waals surface area contributed by atoms with Crippen LogP contribution in [-0.2, 0) is 16.0 Å². The van der Waals surface area contributed by atoms with Gasteiger partial charge < -0.3 is 10.0 Å². The molecule has 1 atom stereocenters. The monoisotopic (exact) mass is 309 g/mol. The highest BCUT2D eigenvalue weighted by molar-refractivity contribution is 7.09. The molecular formula is C16H23NO3S. The SMILES string of the molecule is CCCC1(C(=O)O)CCCN(C(=O)CCc2cccs2)C1. The maximum absolute atomic E-state index is 12.3. The van der Waals surface area contributed by atoms with E-state index in [4.69, 9.17) is 0 Å². The van der Waals surface area contributed by atoms with Crippen molar-refractivity contribution in [3.63, 3.8) is 0 Å². The summed E-state index contributed by atoms with van der Waals surface area (Å²) in [5, 5.41) is 11.6. The summed E-state index contributed by atoms with van der Waals surface area (Å²) in [6.45, 7) is 3.07. The molecule has 2 rings (SSSR count). The molecule has 1 aliphatic heterocycles. The van der Waals surface area contributed by atoms with Gasteiger partial charge >= 0.3 is 5.97 Å². The van der Waals surface area contributed by atoms with Crippen LogP contribution in [0.25, 0.3) is 0 Å². The van der Waals surface area contributed by atoms with E-state index in [2.05, 4.69) is 0 Å². The minimum absolute atomic E-state index is 0.0878. The fraction of sp³-hybridized carbons (Fsp3) is 0.625. The molecule has 1 saturated heterocycles. The molecule has 0 bridgehead atoms. The minimum atomic E-state index is -0.750. The van der Waals surface area contributed by atoms with E-state index >= 15 is 0 Å². The molecular weight excluding hydrogens is 286 g/mol. The molecule has 1 unspecified atom stereocenters. The van der Waals surface area contributed by atoms with Gasteiger partial charge in [0.25, 0.3) is 0 Å². The van der Waals surface area contributed by atoms with Gasteiger partial charge in [0.2, 0.25) is 5.91 Å². The quantitative estimate of drug-likeness (QED) is 0.878. The van der Waals surface area contributed by atoms with Crippen LogP contribution < -0.4 is 0 Å². The number of piperidine rings is 1. The minimum Gasteiger partial charge on any atom is -0.481 e. The number of carboxylic acid groups (broad SMARTS) is 1. The zero-order chi connectivity index (χ0) is 15.3. The van der Waals surface area contributed by atoms with Gasteiger partial charge in [-0.3, -0.25) is 9.59 Å². The number of likely N-dealkylation sites (tertiary alicyclic amines) is 1. The summed E-state index contributed by atoms with van der Waals surface area (Å²) in [5.74, 6) is -0.662. The van der Waals surface area contributed by atoms with Crippen molar-refractivity contribution < 1.29 is 14.7 Å². The average Bonchev–Trinajstić information content (AvgIpc) is 2.98. The first-order valence-corrected chi connectivity index (χ1v) is 8.49. The average molecular weight is 309 g/mol. The molecule has 1 N–H and O–H groups in total. The van der Waals surface area contributed by atoms with E-state index in [0.717, 1.165) is 19.3 Å². The highest BCUT2D eigenvalue weighted by Gasteiger charge is 2.42. The van der Waals surface area contributed by atoms with Gasteiger partial charge in [-0.1, -0.05) is 19.4 Å². The fourth-order valence-electron chi connectivity index (χ4n) is 3.15. The van der Waals surface area contributed by atoms with Gasteiger partial charge in [-0.2, -0.15) is 0 Å². The standard InChI is InChI=1S/C16H23NO3S/c1-2-8-16(15(19)20)9-4-10-17(12-16)14(18)7-6-13-5-3-11-21-13/h3,5,11H,2,4,6-10,12H2,1H3,(H,19,20). The van der Waals surface area contributed by atoms with Crippen molar-refractivity contribution in [1.29, 1.82) is 0 Å². The third kappa shape index (κ3) is 3.84.